The van der Waals surface area contributed by atoms with Crippen LogP contribution in [0, 0.1) is 12.3 Å². The van der Waals surface area contributed by atoms with E-state index >= 15 is 0 Å². The minimum atomic E-state index is -0.196. The molecule has 1 N–H and O–H groups in total. The first-order valence-corrected chi connectivity index (χ1v) is 11.4. The summed E-state index contributed by atoms with van der Waals surface area (Å²) in [4.78, 5) is 14.6. The van der Waals surface area contributed by atoms with Gasteiger partial charge >= 0.3 is 0 Å². The maximum absolute atomic E-state index is 12.5. The molecule has 1 aliphatic carbocycles. The number of benzene rings is 2. The summed E-state index contributed by atoms with van der Waals surface area (Å²) >= 11 is 5.45. The van der Waals surface area contributed by atoms with E-state index in [9.17, 15) is 4.79 Å². The van der Waals surface area contributed by atoms with Crippen LogP contribution in [0.2, 0.25) is 0 Å². The SMILES string of the molecule is CC(=O)/C(=C\c1cccc(C)c1P)C(=N)N(C(C)=S)c1ccc(OC2=CCCC=C2)cc1. The van der Waals surface area contributed by atoms with Crippen LogP contribution in [0.1, 0.15) is 37.8 Å². The second kappa shape index (κ2) is 10.6. The minimum absolute atomic E-state index is 0.0440. The molecule has 6 heteroatoms. The van der Waals surface area contributed by atoms with Crippen LogP contribution in [-0.4, -0.2) is 16.6 Å². The summed E-state index contributed by atoms with van der Waals surface area (Å²) in [5.41, 5.74) is 2.97. The largest absolute Gasteiger partial charge is 0.458 e. The van der Waals surface area contributed by atoms with Gasteiger partial charge in [-0.15, -0.1) is 9.24 Å². The van der Waals surface area contributed by atoms with Gasteiger partial charge < -0.3 is 4.74 Å². The van der Waals surface area contributed by atoms with E-state index in [4.69, 9.17) is 22.4 Å². The Labute approximate surface area is 197 Å². The molecule has 0 bridgehead atoms. The third kappa shape index (κ3) is 5.67. The number of allylic oxidation sites excluding steroid dienone is 3. The molecule has 0 aromatic heterocycles. The molecule has 1 aliphatic rings. The number of nitrogens with zero attached hydrogens (tertiary/aromatic N) is 1. The second-order valence-corrected chi connectivity index (χ2v) is 8.75. The molecule has 0 heterocycles. The Morgan fingerprint density at radius 3 is 2.47 bits per heavy atom. The number of carbonyl (C=O) groups excluding carboxylic acids is 1. The van der Waals surface area contributed by atoms with Crippen molar-refractivity contribution in [3.05, 3.63) is 83.2 Å². The lowest BCUT2D eigenvalue weighted by Gasteiger charge is -2.25. The molecule has 0 saturated heterocycles. The van der Waals surface area contributed by atoms with Gasteiger partial charge in [0, 0.05) is 5.69 Å². The molecule has 2 aromatic rings. The predicted octanol–water partition coefficient (Wildman–Crippen LogP) is 5.91. The fraction of sp³-hybridized carbons (Fsp3) is 0.192. The fourth-order valence-electron chi connectivity index (χ4n) is 3.37. The first-order chi connectivity index (χ1) is 15.3. The Hall–Kier alpha value is -2.88. The summed E-state index contributed by atoms with van der Waals surface area (Å²) in [7, 11) is 2.71. The molecule has 0 radical (unpaired) electrons. The minimum Gasteiger partial charge on any atom is -0.458 e. The lowest BCUT2D eigenvalue weighted by molar-refractivity contribution is -0.113. The molecule has 0 spiro atoms. The highest BCUT2D eigenvalue weighted by atomic mass is 32.1. The van der Waals surface area contributed by atoms with Gasteiger partial charge in [0.2, 0.25) is 0 Å². The average Bonchev–Trinajstić information content (AvgIpc) is 2.76. The van der Waals surface area contributed by atoms with Crippen molar-refractivity contribution >= 4 is 55.1 Å². The summed E-state index contributed by atoms with van der Waals surface area (Å²) in [5, 5.41) is 9.82. The van der Waals surface area contributed by atoms with Gasteiger partial charge in [-0.2, -0.15) is 0 Å². The molecule has 164 valence electrons. The van der Waals surface area contributed by atoms with Crippen LogP contribution in [0.15, 0.2) is 72.0 Å². The zero-order valence-electron chi connectivity index (χ0n) is 18.5. The number of Topliss-reactive ketones (excluding diaryl/α,β-unsaturated/α-hetero) is 1. The highest BCUT2D eigenvalue weighted by Gasteiger charge is 2.21. The van der Waals surface area contributed by atoms with E-state index in [0.717, 1.165) is 35.0 Å². The Bertz CT molecular complexity index is 1150. The van der Waals surface area contributed by atoms with E-state index in [1.165, 1.54) is 6.92 Å². The number of ketones is 1. The smallest absolute Gasteiger partial charge is 0.163 e. The average molecular weight is 463 g/mol. The third-order valence-electron chi connectivity index (χ3n) is 5.12. The van der Waals surface area contributed by atoms with Crippen LogP contribution < -0.4 is 14.9 Å². The van der Waals surface area contributed by atoms with E-state index in [0.29, 0.717) is 22.0 Å². The van der Waals surface area contributed by atoms with Crippen LogP contribution in [0.3, 0.4) is 0 Å². The Kier molecular flexibility index (Phi) is 7.89. The van der Waals surface area contributed by atoms with Crippen molar-refractivity contribution in [3.8, 4) is 5.75 Å². The summed E-state index contributed by atoms with van der Waals surface area (Å²) in [6.07, 6.45) is 9.88. The van der Waals surface area contributed by atoms with Gasteiger partial charge in [0.1, 0.15) is 17.3 Å². The highest BCUT2D eigenvalue weighted by molar-refractivity contribution is 7.80. The number of anilines is 1. The van der Waals surface area contributed by atoms with E-state index in [1.54, 1.807) is 17.9 Å². The molecule has 1 unspecified atom stereocenters. The van der Waals surface area contributed by atoms with Gasteiger partial charge in [-0.05, 0) is 92.5 Å². The predicted molar refractivity (Wildman–Crippen MR) is 141 cm³/mol. The van der Waals surface area contributed by atoms with Crippen molar-refractivity contribution in [1.29, 1.82) is 5.41 Å². The standard InChI is InChI=1S/C26H27N2O2PS/c1-17-8-7-9-20(25(17)31)16-24(18(2)29)26(27)28(19(3)32)21-12-14-23(15-13-21)30-22-10-5-4-6-11-22/h5,7-16,27H,4,6,31H2,1-3H3/b24-16+,27-26?. The lowest BCUT2D eigenvalue weighted by Crippen LogP contribution is -2.36. The Morgan fingerprint density at radius 1 is 1.16 bits per heavy atom. The van der Waals surface area contributed by atoms with Crippen molar-refractivity contribution in [2.24, 2.45) is 0 Å². The van der Waals surface area contributed by atoms with Crippen molar-refractivity contribution in [1.82, 2.24) is 0 Å². The number of hydrogen-bond donors (Lipinski definition) is 1. The molecular weight excluding hydrogens is 435 g/mol. The summed E-state index contributed by atoms with van der Waals surface area (Å²) in [6.45, 7) is 5.23. The second-order valence-electron chi connectivity index (χ2n) is 7.58. The molecule has 0 saturated carbocycles. The maximum Gasteiger partial charge on any atom is 0.163 e. The Morgan fingerprint density at radius 2 is 1.88 bits per heavy atom. The number of carbonyl (C=O) groups is 1. The lowest BCUT2D eigenvalue weighted by atomic mass is 10.0. The van der Waals surface area contributed by atoms with Crippen molar-refractivity contribution in [3.63, 3.8) is 0 Å². The topological polar surface area (TPSA) is 53.4 Å². The maximum atomic E-state index is 12.5. The number of hydrogen-bond acceptors (Lipinski definition) is 4. The molecular formula is C26H27N2O2PS. The van der Waals surface area contributed by atoms with Gasteiger partial charge in [-0.1, -0.05) is 36.5 Å². The van der Waals surface area contributed by atoms with E-state index in [1.807, 2.05) is 55.5 Å². The normalized spacial score (nSPS) is 13.4. The van der Waals surface area contributed by atoms with Crippen molar-refractivity contribution < 1.29 is 9.53 Å². The molecule has 1 atom stereocenters. The molecule has 2 aromatic carbocycles. The van der Waals surface area contributed by atoms with Gasteiger partial charge in [-0.3, -0.25) is 15.1 Å². The first-order valence-electron chi connectivity index (χ1n) is 10.4. The van der Waals surface area contributed by atoms with E-state index in [2.05, 4.69) is 21.4 Å². The molecule has 0 fully saturated rings. The van der Waals surface area contributed by atoms with Gasteiger partial charge in [0.15, 0.2) is 5.78 Å². The summed E-state index contributed by atoms with van der Waals surface area (Å²) in [6, 6.07) is 13.3. The highest BCUT2D eigenvalue weighted by Crippen LogP contribution is 2.25. The fourth-order valence-corrected chi connectivity index (χ4v) is 3.85. The summed E-state index contributed by atoms with van der Waals surface area (Å²) < 4.78 is 5.90. The van der Waals surface area contributed by atoms with Crippen molar-refractivity contribution in [2.45, 2.75) is 33.6 Å². The number of thiocarbonyl (C=S) groups is 1. The first kappa shape index (κ1) is 23.8. The monoisotopic (exact) mass is 462 g/mol. The number of rotatable bonds is 6. The number of nitrogens with one attached hydrogen (secondary N) is 1. The molecule has 0 amide bonds. The van der Waals surface area contributed by atoms with Crippen LogP contribution in [-0.2, 0) is 4.79 Å². The molecule has 32 heavy (non-hydrogen) atoms. The molecule has 4 nitrogen and oxygen atoms in total. The van der Waals surface area contributed by atoms with Crippen LogP contribution in [0.25, 0.3) is 6.08 Å². The Balaban J connectivity index is 1.91. The van der Waals surface area contributed by atoms with E-state index in [-0.39, 0.29) is 11.6 Å². The molecule has 3 rings (SSSR count). The van der Waals surface area contributed by atoms with Gasteiger partial charge in [-0.25, -0.2) is 0 Å². The van der Waals surface area contributed by atoms with Crippen LogP contribution in [0.5, 0.6) is 5.75 Å². The third-order valence-corrected chi connectivity index (χ3v) is 6.09. The van der Waals surface area contributed by atoms with Crippen molar-refractivity contribution in [2.75, 3.05) is 4.90 Å². The summed E-state index contributed by atoms with van der Waals surface area (Å²) in [5.74, 6) is 1.38. The zero-order valence-corrected chi connectivity index (χ0v) is 20.5. The van der Waals surface area contributed by atoms with E-state index < -0.39 is 0 Å². The quantitative estimate of drug-likeness (QED) is 0.191. The van der Waals surface area contributed by atoms with Gasteiger partial charge in [0.25, 0.3) is 0 Å². The van der Waals surface area contributed by atoms with Gasteiger partial charge in [0.05, 0.1) is 10.6 Å². The number of aryl methyl sites for hydroxylation is 1. The number of amidine groups is 1. The zero-order chi connectivity index (χ0) is 23.3. The molecule has 0 aliphatic heterocycles. The number of ether oxygens (including phenoxy) is 1. The van der Waals surface area contributed by atoms with Crippen LogP contribution in [0.4, 0.5) is 5.69 Å². The van der Waals surface area contributed by atoms with Crippen LogP contribution >= 0.6 is 21.5 Å².